The van der Waals surface area contributed by atoms with Gasteiger partial charge in [-0.15, -0.1) is 24.0 Å². The van der Waals surface area contributed by atoms with E-state index in [4.69, 9.17) is 9.73 Å². The molecule has 2 aliphatic rings. The molecule has 1 aromatic heterocycles. The highest BCUT2D eigenvalue weighted by molar-refractivity contribution is 14.0. The van der Waals surface area contributed by atoms with Crippen molar-refractivity contribution in [3.05, 3.63) is 23.9 Å². The Bertz CT molecular complexity index is 696. The summed E-state index contributed by atoms with van der Waals surface area (Å²) in [6.45, 7) is 14.1. The first-order valence-electron chi connectivity index (χ1n) is 10.6. The topological polar surface area (TPSA) is 73.3 Å². The summed E-state index contributed by atoms with van der Waals surface area (Å²) in [5, 5.41) is 3.37. The molecule has 9 heteroatoms. The molecule has 0 saturated carbocycles. The zero-order chi connectivity index (χ0) is 20.8. The molecular formula is C21H35IN6O2. The average molecular weight is 530 g/mol. The highest BCUT2D eigenvalue weighted by Gasteiger charge is 2.23. The number of aromatic nitrogens is 1. The van der Waals surface area contributed by atoms with Gasteiger partial charge in [-0.1, -0.05) is 6.07 Å². The second-order valence-electron chi connectivity index (χ2n) is 7.85. The molecule has 0 radical (unpaired) electrons. The van der Waals surface area contributed by atoms with Crippen LogP contribution in [0.3, 0.4) is 0 Å². The van der Waals surface area contributed by atoms with E-state index in [2.05, 4.69) is 53.0 Å². The van der Waals surface area contributed by atoms with Gasteiger partial charge in [-0.2, -0.15) is 0 Å². The summed E-state index contributed by atoms with van der Waals surface area (Å²) in [6, 6.07) is 4.18. The van der Waals surface area contributed by atoms with Gasteiger partial charge in [0.05, 0.1) is 18.8 Å². The molecule has 3 heterocycles. The van der Waals surface area contributed by atoms with Gasteiger partial charge in [-0.05, 0) is 32.4 Å². The lowest BCUT2D eigenvalue weighted by Gasteiger charge is -2.36. The first-order chi connectivity index (χ1) is 14.0. The van der Waals surface area contributed by atoms with Gasteiger partial charge in [0.1, 0.15) is 5.82 Å². The normalized spacial score (nSPS) is 22.5. The number of nitrogens with zero attached hydrogens (tertiary/aromatic N) is 5. The number of amides is 1. The van der Waals surface area contributed by atoms with Crippen molar-refractivity contribution in [3.8, 4) is 0 Å². The van der Waals surface area contributed by atoms with Crippen molar-refractivity contribution in [3.63, 3.8) is 0 Å². The van der Waals surface area contributed by atoms with Crippen LogP contribution in [0.25, 0.3) is 0 Å². The first-order valence-corrected chi connectivity index (χ1v) is 10.6. The molecule has 0 aromatic carbocycles. The summed E-state index contributed by atoms with van der Waals surface area (Å²) in [6.07, 6.45) is 2.35. The number of anilines is 1. The summed E-state index contributed by atoms with van der Waals surface area (Å²) in [4.78, 5) is 27.4. The van der Waals surface area contributed by atoms with Crippen LogP contribution in [0.5, 0.6) is 0 Å². The SMILES string of the molecule is CCNC(=NCc1ccc(N2CC(C)OC(C)C2)nc1)N1CCN(C(C)=O)CC1.I. The van der Waals surface area contributed by atoms with E-state index in [9.17, 15) is 4.79 Å². The maximum Gasteiger partial charge on any atom is 0.219 e. The van der Waals surface area contributed by atoms with Crippen molar-refractivity contribution in [1.29, 1.82) is 0 Å². The number of rotatable bonds is 4. The molecule has 8 nitrogen and oxygen atoms in total. The van der Waals surface area contributed by atoms with Crippen LogP contribution in [0.1, 0.15) is 33.3 Å². The second kappa shape index (κ2) is 11.7. The van der Waals surface area contributed by atoms with Crippen molar-refractivity contribution in [2.45, 2.75) is 46.4 Å². The molecule has 1 amide bonds. The largest absolute Gasteiger partial charge is 0.372 e. The zero-order valence-corrected chi connectivity index (χ0v) is 20.8. The van der Waals surface area contributed by atoms with E-state index in [1.54, 1.807) is 6.92 Å². The predicted molar refractivity (Wildman–Crippen MR) is 131 cm³/mol. The van der Waals surface area contributed by atoms with Crippen LogP contribution in [0.4, 0.5) is 5.82 Å². The predicted octanol–water partition coefficient (Wildman–Crippen LogP) is 1.94. The Kier molecular flexibility index (Phi) is 9.60. The zero-order valence-electron chi connectivity index (χ0n) is 18.5. The van der Waals surface area contributed by atoms with Crippen LogP contribution in [-0.2, 0) is 16.1 Å². The minimum atomic E-state index is 0. The molecule has 30 heavy (non-hydrogen) atoms. The van der Waals surface area contributed by atoms with Gasteiger partial charge in [-0.3, -0.25) is 4.79 Å². The van der Waals surface area contributed by atoms with E-state index < -0.39 is 0 Å². The molecule has 0 aliphatic carbocycles. The molecule has 168 valence electrons. The molecule has 0 bridgehead atoms. The lowest BCUT2D eigenvalue weighted by molar-refractivity contribution is -0.130. The molecule has 2 aliphatic heterocycles. The molecule has 1 aromatic rings. The third-order valence-corrected chi connectivity index (χ3v) is 5.32. The minimum Gasteiger partial charge on any atom is -0.372 e. The third-order valence-electron chi connectivity index (χ3n) is 5.32. The van der Waals surface area contributed by atoms with Crippen molar-refractivity contribution >= 4 is 41.7 Å². The highest BCUT2D eigenvalue weighted by atomic mass is 127. The van der Waals surface area contributed by atoms with E-state index in [0.29, 0.717) is 6.54 Å². The molecular weight excluding hydrogens is 495 g/mol. The van der Waals surface area contributed by atoms with E-state index in [1.165, 1.54) is 0 Å². The number of morpholine rings is 1. The minimum absolute atomic E-state index is 0. The number of aliphatic imine (C=N–C) groups is 1. The number of guanidine groups is 1. The van der Waals surface area contributed by atoms with Gasteiger partial charge in [0, 0.05) is 58.9 Å². The van der Waals surface area contributed by atoms with Crippen molar-refractivity contribution in [1.82, 2.24) is 20.1 Å². The van der Waals surface area contributed by atoms with E-state index in [-0.39, 0.29) is 42.1 Å². The van der Waals surface area contributed by atoms with Crippen LogP contribution >= 0.6 is 24.0 Å². The lowest BCUT2D eigenvalue weighted by Crippen LogP contribution is -2.53. The van der Waals surface area contributed by atoms with Crippen molar-refractivity contribution < 1.29 is 9.53 Å². The quantitative estimate of drug-likeness (QED) is 0.365. The Balaban J connectivity index is 0.00000320. The average Bonchev–Trinajstić information content (AvgIpc) is 2.71. The number of pyridine rings is 1. The summed E-state index contributed by atoms with van der Waals surface area (Å²) in [5.41, 5.74) is 1.08. The first kappa shape index (κ1) is 24.6. The number of nitrogens with one attached hydrogen (secondary N) is 1. The standard InChI is InChI=1S/C21H34N6O2.HI/c1-5-22-21(26-10-8-25(9-11-26)18(4)28)24-13-19-6-7-20(23-12-19)27-14-16(2)29-17(3)15-27;/h6-7,12,16-17H,5,8-11,13-15H2,1-4H3,(H,22,24);1H. The number of carbonyl (C=O) groups excluding carboxylic acids is 1. The van der Waals surface area contributed by atoms with Gasteiger partial charge < -0.3 is 24.8 Å². The van der Waals surface area contributed by atoms with Gasteiger partial charge >= 0.3 is 0 Å². The molecule has 1 N–H and O–H groups in total. The van der Waals surface area contributed by atoms with Crippen LogP contribution in [0, 0.1) is 0 Å². The number of hydrogen-bond acceptors (Lipinski definition) is 5. The van der Waals surface area contributed by atoms with Crippen molar-refractivity contribution in [2.24, 2.45) is 4.99 Å². The Morgan fingerprint density at radius 1 is 1.17 bits per heavy atom. The Hall–Kier alpha value is -1.62. The van der Waals surface area contributed by atoms with E-state index in [0.717, 1.165) is 63.2 Å². The van der Waals surface area contributed by atoms with E-state index >= 15 is 0 Å². The van der Waals surface area contributed by atoms with Crippen molar-refractivity contribution in [2.75, 3.05) is 50.7 Å². The monoisotopic (exact) mass is 530 g/mol. The molecule has 0 spiro atoms. The lowest BCUT2D eigenvalue weighted by atomic mass is 10.2. The Morgan fingerprint density at radius 3 is 2.33 bits per heavy atom. The molecule has 2 atom stereocenters. The van der Waals surface area contributed by atoms with Gasteiger partial charge in [0.25, 0.3) is 0 Å². The molecule has 2 saturated heterocycles. The molecule has 2 fully saturated rings. The number of carbonyl (C=O) groups is 1. The maximum atomic E-state index is 11.5. The molecule has 2 unspecified atom stereocenters. The summed E-state index contributed by atoms with van der Waals surface area (Å²) in [7, 11) is 0. The highest BCUT2D eigenvalue weighted by Crippen LogP contribution is 2.18. The summed E-state index contributed by atoms with van der Waals surface area (Å²) in [5.74, 6) is 2.03. The Morgan fingerprint density at radius 2 is 1.80 bits per heavy atom. The summed E-state index contributed by atoms with van der Waals surface area (Å²) < 4.78 is 5.81. The van der Waals surface area contributed by atoms with Crippen LogP contribution < -0.4 is 10.2 Å². The maximum absolute atomic E-state index is 11.5. The van der Waals surface area contributed by atoms with Gasteiger partial charge in [-0.25, -0.2) is 9.98 Å². The fraction of sp³-hybridized carbons (Fsp3) is 0.667. The third kappa shape index (κ3) is 6.69. The van der Waals surface area contributed by atoms with Crippen LogP contribution in [0.15, 0.2) is 23.3 Å². The van der Waals surface area contributed by atoms with Crippen LogP contribution in [-0.4, -0.2) is 84.7 Å². The number of hydrogen-bond donors (Lipinski definition) is 1. The number of halogens is 1. The van der Waals surface area contributed by atoms with Crippen LogP contribution in [0.2, 0.25) is 0 Å². The van der Waals surface area contributed by atoms with Gasteiger partial charge in [0.15, 0.2) is 5.96 Å². The summed E-state index contributed by atoms with van der Waals surface area (Å²) >= 11 is 0. The Labute approximate surface area is 197 Å². The fourth-order valence-electron chi connectivity index (χ4n) is 3.89. The second-order valence-corrected chi connectivity index (χ2v) is 7.85. The molecule has 3 rings (SSSR count). The van der Waals surface area contributed by atoms with Gasteiger partial charge in [0.2, 0.25) is 5.91 Å². The fourth-order valence-corrected chi connectivity index (χ4v) is 3.89. The van der Waals surface area contributed by atoms with E-state index in [1.807, 2.05) is 11.1 Å². The number of piperazine rings is 1. The number of ether oxygens (including phenoxy) is 1. The smallest absolute Gasteiger partial charge is 0.219 e.